The van der Waals surface area contributed by atoms with Crippen molar-refractivity contribution in [2.24, 2.45) is 0 Å². The maximum Gasteiger partial charge on any atom is 0.407 e. The van der Waals surface area contributed by atoms with Gasteiger partial charge in [-0.1, -0.05) is 0 Å². The molecule has 21 heavy (non-hydrogen) atoms. The molecule has 2 atom stereocenters. The molecule has 1 saturated carbocycles. The van der Waals surface area contributed by atoms with Gasteiger partial charge in [0.25, 0.3) is 0 Å². The first kappa shape index (κ1) is 16.3. The van der Waals surface area contributed by atoms with Crippen LogP contribution >= 0.6 is 11.3 Å². The van der Waals surface area contributed by atoms with Crippen molar-refractivity contribution in [3.63, 3.8) is 0 Å². The van der Waals surface area contributed by atoms with E-state index in [0.717, 1.165) is 25.8 Å². The van der Waals surface area contributed by atoms with Gasteiger partial charge in [-0.25, -0.2) is 4.79 Å². The standard InChI is InChI=1S/C16H26N2O2S/c1-11-8-9-21-14(11)10-17-12-6-5-7-13(12)18-15(19)20-16(2,3)4/h8-9,12-13,17H,5-7,10H2,1-4H3,(H,18,19). The molecule has 4 nitrogen and oxygen atoms in total. The number of thiophene rings is 1. The van der Waals surface area contributed by atoms with Crippen LogP contribution in [0.1, 0.15) is 50.5 Å². The zero-order valence-corrected chi connectivity index (χ0v) is 14.2. The summed E-state index contributed by atoms with van der Waals surface area (Å²) in [7, 11) is 0. The molecule has 1 heterocycles. The Labute approximate surface area is 131 Å². The first-order valence-electron chi connectivity index (χ1n) is 7.61. The normalized spacial score (nSPS) is 22.3. The van der Waals surface area contributed by atoms with Crippen molar-refractivity contribution in [3.05, 3.63) is 21.9 Å². The molecule has 1 aromatic heterocycles. The summed E-state index contributed by atoms with van der Waals surface area (Å²) in [5.74, 6) is 0. The van der Waals surface area contributed by atoms with E-state index in [1.165, 1.54) is 10.4 Å². The Hall–Kier alpha value is -1.07. The number of hydrogen-bond acceptors (Lipinski definition) is 4. The van der Waals surface area contributed by atoms with E-state index in [1.54, 1.807) is 11.3 Å². The Morgan fingerprint density at radius 2 is 2.10 bits per heavy atom. The van der Waals surface area contributed by atoms with Gasteiger partial charge in [0.2, 0.25) is 0 Å². The maximum atomic E-state index is 11.9. The van der Waals surface area contributed by atoms with Gasteiger partial charge in [0.1, 0.15) is 5.60 Å². The third-order valence-corrected chi connectivity index (χ3v) is 4.73. The molecular weight excluding hydrogens is 284 g/mol. The SMILES string of the molecule is Cc1ccsc1CNC1CCCC1NC(=O)OC(C)(C)C. The topological polar surface area (TPSA) is 50.4 Å². The molecule has 0 bridgehead atoms. The average Bonchev–Trinajstić information content (AvgIpc) is 2.93. The van der Waals surface area contributed by atoms with Gasteiger partial charge in [0, 0.05) is 23.5 Å². The second-order valence-electron chi connectivity index (χ2n) is 6.70. The minimum absolute atomic E-state index is 0.167. The number of carbonyl (C=O) groups is 1. The van der Waals surface area contributed by atoms with Crippen LogP contribution in [0.25, 0.3) is 0 Å². The van der Waals surface area contributed by atoms with Crippen LogP contribution in [0.15, 0.2) is 11.4 Å². The van der Waals surface area contributed by atoms with Crippen LogP contribution in [0.4, 0.5) is 4.79 Å². The van der Waals surface area contributed by atoms with E-state index in [4.69, 9.17) is 4.74 Å². The van der Waals surface area contributed by atoms with Crippen molar-refractivity contribution < 1.29 is 9.53 Å². The number of amides is 1. The lowest BCUT2D eigenvalue weighted by atomic mass is 10.1. The third kappa shape index (κ3) is 5.00. The van der Waals surface area contributed by atoms with Crippen molar-refractivity contribution >= 4 is 17.4 Å². The molecule has 1 fully saturated rings. The van der Waals surface area contributed by atoms with Crippen LogP contribution in [0.5, 0.6) is 0 Å². The fraction of sp³-hybridized carbons (Fsp3) is 0.688. The Morgan fingerprint density at radius 3 is 2.71 bits per heavy atom. The summed E-state index contributed by atoms with van der Waals surface area (Å²) in [5, 5.41) is 8.72. The summed E-state index contributed by atoms with van der Waals surface area (Å²) < 4.78 is 5.34. The zero-order chi connectivity index (χ0) is 15.5. The van der Waals surface area contributed by atoms with Gasteiger partial charge in [0.05, 0.1) is 0 Å². The first-order chi connectivity index (χ1) is 9.85. The first-order valence-corrected chi connectivity index (χ1v) is 8.49. The van der Waals surface area contributed by atoms with Gasteiger partial charge in [-0.05, 0) is 64.0 Å². The monoisotopic (exact) mass is 310 g/mol. The second kappa shape index (κ2) is 6.79. The average molecular weight is 310 g/mol. The molecule has 118 valence electrons. The summed E-state index contributed by atoms with van der Waals surface area (Å²) >= 11 is 1.78. The molecule has 2 unspecified atom stereocenters. The molecule has 2 rings (SSSR count). The zero-order valence-electron chi connectivity index (χ0n) is 13.4. The van der Waals surface area contributed by atoms with Crippen molar-refractivity contribution in [2.75, 3.05) is 0 Å². The molecule has 0 aromatic carbocycles. The highest BCUT2D eigenvalue weighted by Gasteiger charge is 2.29. The van der Waals surface area contributed by atoms with Gasteiger partial charge in [-0.2, -0.15) is 0 Å². The number of ether oxygens (including phenoxy) is 1. The number of nitrogens with one attached hydrogen (secondary N) is 2. The Bertz CT molecular complexity index is 479. The van der Waals surface area contributed by atoms with E-state index < -0.39 is 5.60 Å². The van der Waals surface area contributed by atoms with Crippen LogP contribution in [0.2, 0.25) is 0 Å². The molecule has 0 spiro atoms. The number of rotatable bonds is 4. The minimum Gasteiger partial charge on any atom is -0.444 e. The van der Waals surface area contributed by atoms with Crippen molar-refractivity contribution in [3.8, 4) is 0 Å². The van der Waals surface area contributed by atoms with Crippen LogP contribution < -0.4 is 10.6 Å². The van der Waals surface area contributed by atoms with E-state index >= 15 is 0 Å². The fourth-order valence-corrected chi connectivity index (χ4v) is 3.50. The van der Waals surface area contributed by atoms with E-state index in [2.05, 4.69) is 29.0 Å². The third-order valence-electron chi connectivity index (χ3n) is 3.71. The number of alkyl carbamates (subject to hydrolysis) is 1. The fourth-order valence-electron chi connectivity index (χ4n) is 2.65. The quantitative estimate of drug-likeness (QED) is 0.893. The van der Waals surface area contributed by atoms with Crippen molar-refractivity contribution in [1.82, 2.24) is 10.6 Å². The van der Waals surface area contributed by atoms with E-state index in [0.29, 0.717) is 6.04 Å². The molecule has 1 aliphatic rings. The van der Waals surface area contributed by atoms with E-state index in [1.807, 2.05) is 20.8 Å². The number of aryl methyl sites for hydroxylation is 1. The summed E-state index contributed by atoms with van der Waals surface area (Å²) in [6.07, 6.45) is 2.95. The smallest absolute Gasteiger partial charge is 0.407 e. The number of hydrogen-bond donors (Lipinski definition) is 2. The Morgan fingerprint density at radius 1 is 1.38 bits per heavy atom. The largest absolute Gasteiger partial charge is 0.444 e. The van der Waals surface area contributed by atoms with E-state index in [9.17, 15) is 4.79 Å². The van der Waals surface area contributed by atoms with Crippen LogP contribution in [0.3, 0.4) is 0 Å². The van der Waals surface area contributed by atoms with Crippen LogP contribution in [-0.2, 0) is 11.3 Å². The summed E-state index contributed by atoms with van der Waals surface area (Å²) in [6, 6.07) is 2.64. The number of carbonyl (C=O) groups excluding carboxylic acids is 1. The predicted octanol–water partition coefficient (Wildman–Crippen LogP) is 3.59. The highest BCUT2D eigenvalue weighted by Crippen LogP contribution is 2.22. The lowest BCUT2D eigenvalue weighted by Crippen LogP contribution is -2.47. The highest BCUT2D eigenvalue weighted by atomic mass is 32.1. The molecule has 1 aromatic rings. The summed E-state index contributed by atoms with van der Waals surface area (Å²) in [4.78, 5) is 13.3. The maximum absolute atomic E-state index is 11.9. The molecule has 1 amide bonds. The molecule has 0 saturated heterocycles. The van der Waals surface area contributed by atoms with Gasteiger partial charge in [0.15, 0.2) is 0 Å². The molecule has 1 aliphatic carbocycles. The predicted molar refractivity (Wildman–Crippen MR) is 86.7 cm³/mol. The van der Waals surface area contributed by atoms with Crippen LogP contribution in [-0.4, -0.2) is 23.8 Å². The molecule has 2 N–H and O–H groups in total. The summed E-state index contributed by atoms with van der Waals surface area (Å²) in [6.45, 7) is 8.67. The second-order valence-corrected chi connectivity index (χ2v) is 7.70. The van der Waals surface area contributed by atoms with Gasteiger partial charge in [-0.3, -0.25) is 0 Å². The van der Waals surface area contributed by atoms with E-state index in [-0.39, 0.29) is 12.1 Å². The Kier molecular flexibility index (Phi) is 5.27. The molecule has 0 radical (unpaired) electrons. The van der Waals surface area contributed by atoms with Crippen molar-refractivity contribution in [2.45, 2.75) is 71.2 Å². The van der Waals surface area contributed by atoms with Gasteiger partial charge >= 0.3 is 6.09 Å². The molecule has 5 heteroatoms. The lowest BCUT2D eigenvalue weighted by molar-refractivity contribution is 0.0498. The molecular formula is C16H26N2O2S. The lowest BCUT2D eigenvalue weighted by Gasteiger charge is -2.25. The summed E-state index contributed by atoms with van der Waals surface area (Å²) in [5.41, 5.74) is 0.891. The highest BCUT2D eigenvalue weighted by molar-refractivity contribution is 7.10. The molecule has 0 aliphatic heterocycles. The van der Waals surface area contributed by atoms with Crippen LogP contribution in [0, 0.1) is 6.92 Å². The van der Waals surface area contributed by atoms with Gasteiger partial charge < -0.3 is 15.4 Å². The van der Waals surface area contributed by atoms with Gasteiger partial charge in [-0.15, -0.1) is 11.3 Å². The van der Waals surface area contributed by atoms with Crippen molar-refractivity contribution in [1.29, 1.82) is 0 Å². The Balaban J connectivity index is 1.83. The minimum atomic E-state index is -0.445.